The van der Waals surface area contributed by atoms with E-state index in [1.54, 1.807) is 0 Å². The van der Waals surface area contributed by atoms with Crippen molar-refractivity contribution in [3.05, 3.63) is 101 Å². The molecule has 1 unspecified atom stereocenters. The van der Waals surface area contributed by atoms with E-state index in [9.17, 15) is 0 Å². The highest BCUT2D eigenvalue weighted by molar-refractivity contribution is 6.31. The molecule has 1 fully saturated rings. The van der Waals surface area contributed by atoms with Crippen molar-refractivity contribution in [1.82, 2.24) is 15.2 Å². The summed E-state index contributed by atoms with van der Waals surface area (Å²) in [4.78, 5) is 7.49. The predicted molar refractivity (Wildman–Crippen MR) is 153 cm³/mol. The summed E-state index contributed by atoms with van der Waals surface area (Å²) in [7, 11) is 0. The molecule has 3 aromatic carbocycles. The van der Waals surface area contributed by atoms with Gasteiger partial charge in [0, 0.05) is 34.6 Å². The van der Waals surface area contributed by atoms with E-state index in [0.717, 1.165) is 54.3 Å². The predicted octanol–water partition coefficient (Wildman–Crippen LogP) is 7.71. The first-order chi connectivity index (χ1) is 16.2. The van der Waals surface area contributed by atoms with Gasteiger partial charge in [-0.05, 0) is 62.2 Å². The molecule has 0 radical (unpaired) electrons. The molecule has 6 heteroatoms. The van der Waals surface area contributed by atoms with Crippen LogP contribution in [0.2, 0.25) is 5.02 Å². The Morgan fingerprint density at radius 1 is 0.914 bits per heavy atom. The van der Waals surface area contributed by atoms with Crippen molar-refractivity contribution >= 4 is 47.3 Å². The first-order valence-electron chi connectivity index (χ1n) is 11.8. The summed E-state index contributed by atoms with van der Waals surface area (Å²) < 4.78 is 0. The van der Waals surface area contributed by atoms with Gasteiger partial charge in [-0.25, -0.2) is 4.98 Å². The van der Waals surface area contributed by atoms with E-state index < -0.39 is 0 Å². The first kappa shape index (κ1) is 27.4. The highest BCUT2D eigenvalue weighted by Crippen LogP contribution is 2.31. The van der Waals surface area contributed by atoms with Crippen LogP contribution in [-0.4, -0.2) is 29.0 Å². The molecule has 0 saturated carbocycles. The van der Waals surface area contributed by atoms with Crippen LogP contribution in [-0.2, 0) is 6.54 Å². The lowest BCUT2D eigenvalue weighted by molar-refractivity contribution is 0.185. The van der Waals surface area contributed by atoms with Crippen LogP contribution in [0.1, 0.15) is 36.9 Å². The highest BCUT2D eigenvalue weighted by atomic mass is 35.5. The summed E-state index contributed by atoms with van der Waals surface area (Å²) in [6.45, 7) is 5.57. The zero-order chi connectivity index (χ0) is 22.6. The first-order valence-corrected chi connectivity index (χ1v) is 12.2. The third-order valence-corrected chi connectivity index (χ3v) is 6.90. The normalized spacial score (nSPS) is 15.3. The Balaban J connectivity index is 0.00000171. The number of pyridine rings is 1. The second-order valence-corrected chi connectivity index (χ2v) is 9.49. The maximum atomic E-state index is 6.32. The van der Waals surface area contributed by atoms with Gasteiger partial charge in [0.15, 0.2) is 0 Å². The molecule has 1 saturated heterocycles. The van der Waals surface area contributed by atoms with Gasteiger partial charge in [-0.1, -0.05) is 78.3 Å². The van der Waals surface area contributed by atoms with Gasteiger partial charge in [-0.2, -0.15) is 0 Å². The average Bonchev–Trinajstić information content (AvgIpc) is 2.85. The van der Waals surface area contributed by atoms with Gasteiger partial charge in [0.05, 0.1) is 11.2 Å². The van der Waals surface area contributed by atoms with E-state index in [0.29, 0.717) is 6.04 Å². The Morgan fingerprint density at radius 3 is 2.26 bits per heavy atom. The molecule has 0 aliphatic carbocycles. The lowest BCUT2D eigenvalue weighted by Gasteiger charge is -2.34. The molecule has 35 heavy (non-hydrogen) atoms. The third kappa shape index (κ3) is 6.75. The van der Waals surface area contributed by atoms with Gasteiger partial charge in [0.2, 0.25) is 0 Å². The number of nitrogens with one attached hydrogen (secondary N) is 1. The number of fused-ring (bicyclic) bond motifs is 1. The molecule has 1 aromatic heterocycles. The quantitative estimate of drug-likeness (QED) is 0.278. The summed E-state index contributed by atoms with van der Waals surface area (Å²) in [5, 5.41) is 5.80. The molecular weight excluding hydrogens is 497 g/mol. The fourth-order valence-corrected chi connectivity index (χ4v) is 5.05. The number of rotatable bonds is 6. The fraction of sp³-hybridized carbons (Fsp3) is 0.276. The molecule has 1 aliphatic rings. The molecule has 4 aromatic rings. The molecule has 0 amide bonds. The van der Waals surface area contributed by atoms with Crippen molar-refractivity contribution in [2.75, 3.05) is 13.1 Å². The number of hydrogen-bond acceptors (Lipinski definition) is 3. The van der Waals surface area contributed by atoms with E-state index in [1.807, 2.05) is 18.2 Å². The maximum Gasteiger partial charge on any atom is 0.0727 e. The monoisotopic (exact) mass is 527 g/mol. The molecule has 0 bridgehead atoms. The van der Waals surface area contributed by atoms with E-state index in [2.05, 4.69) is 83.9 Å². The molecule has 5 rings (SSSR count). The number of piperidine rings is 1. The minimum absolute atomic E-state index is 0. The largest absolute Gasteiger partial charge is 0.307 e. The summed E-state index contributed by atoms with van der Waals surface area (Å²) >= 11 is 6.32. The van der Waals surface area contributed by atoms with Crippen molar-refractivity contribution < 1.29 is 0 Å². The molecule has 2 heterocycles. The minimum Gasteiger partial charge on any atom is -0.307 e. The number of halogens is 3. The number of nitrogens with zero attached hydrogens (tertiary/aromatic N) is 2. The standard InChI is InChI=1S/C29H30ClN3.2ClH/c1-21(31-25-14-16-33(17-15-25)20-22-8-4-2-5-9-22)27-19-28(23-10-6-3-7-11-23)32-29-18-24(30)12-13-26(27)29;;/h2-13,18-19,21,25,31H,14-17,20H2,1H3;2*1H. The van der Waals surface area contributed by atoms with Gasteiger partial charge >= 0.3 is 0 Å². The molecule has 3 nitrogen and oxygen atoms in total. The van der Waals surface area contributed by atoms with E-state index in [4.69, 9.17) is 16.6 Å². The Hall–Kier alpha value is -2.14. The van der Waals surface area contributed by atoms with Gasteiger partial charge in [-0.3, -0.25) is 4.90 Å². The average molecular weight is 529 g/mol. The van der Waals surface area contributed by atoms with Crippen molar-refractivity contribution in [3.8, 4) is 11.3 Å². The van der Waals surface area contributed by atoms with Crippen molar-refractivity contribution in [2.24, 2.45) is 0 Å². The third-order valence-electron chi connectivity index (χ3n) is 6.66. The fourth-order valence-electron chi connectivity index (χ4n) is 4.89. The molecule has 1 aliphatic heterocycles. The van der Waals surface area contributed by atoms with Crippen molar-refractivity contribution in [2.45, 2.75) is 38.4 Å². The van der Waals surface area contributed by atoms with E-state index in [-0.39, 0.29) is 30.9 Å². The number of aromatic nitrogens is 1. The summed E-state index contributed by atoms with van der Waals surface area (Å²) in [5.74, 6) is 0. The van der Waals surface area contributed by atoms with E-state index in [1.165, 1.54) is 16.5 Å². The van der Waals surface area contributed by atoms with Crippen LogP contribution in [0, 0.1) is 0 Å². The van der Waals surface area contributed by atoms with Gasteiger partial charge < -0.3 is 5.32 Å². The van der Waals surface area contributed by atoms with Gasteiger partial charge in [-0.15, -0.1) is 24.8 Å². The SMILES string of the molecule is CC(NC1CCN(Cc2ccccc2)CC1)c1cc(-c2ccccc2)nc2cc(Cl)ccc12.Cl.Cl. The Bertz CT molecular complexity index is 1210. The summed E-state index contributed by atoms with van der Waals surface area (Å²) in [5.41, 5.74) is 5.74. The Kier molecular flexibility index (Phi) is 9.97. The van der Waals surface area contributed by atoms with Crippen LogP contribution in [0.25, 0.3) is 22.2 Å². The highest BCUT2D eigenvalue weighted by Gasteiger charge is 2.22. The lowest BCUT2D eigenvalue weighted by atomic mass is 9.97. The summed E-state index contributed by atoms with van der Waals surface area (Å²) in [6, 6.07) is 30.2. The van der Waals surface area contributed by atoms with Crippen LogP contribution in [0.5, 0.6) is 0 Å². The second kappa shape index (κ2) is 12.7. The van der Waals surface area contributed by atoms with Crippen molar-refractivity contribution in [1.29, 1.82) is 0 Å². The zero-order valence-electron chi connectivity index (χ0n) is 19.9. The van der Waals surface area contributed by atoms with Crippen LogP contribution >= 0.6 is 36.4 Å². The van der Waals surface area contributed by atoms with Crippen LogP contribution in [0.3, 0.4) is 0 Å². The topological polar surface area (TPSA) is 28.2 Å². The Morgan fingerprint density at radius 2 is 1.57 bits per heavy atom. The molecule has 1 atom stereocenters. The van der Waals surface area contributed by atoms with Crippen LogP contribution < -0.4 is 5.32 Å². The lowest BCUT2D eigenvalue weighted by Crippen LogP contribution is -2.43. The van der Waals surface area contributed by atoms with Crippen molar-refractivity contribution in [3.63, 3.8) is 0 Å². The number of hydrogen-bond donors (Lipinski definition) is 1. The maximum absolute atomic E-state index is 6.32. The van der Waals surface area contributed by atoms with Crippen LogP contribution in [0.4, 0.5) is 0 Å². The van der Waals surface area contributed by atoms with Gasteiger partial charge in [0.25, 0.3) is 0 Å². The van der Waals surface area contributed by atoms with Gasteiger partial charge in [0.1, 0.15) is 0 Å². The summed E-state index contributed by atoms with van der Waals surface area (Å²) in [6.07, 6.45) is 2.33. The number of benzene rings is 3. The molecule has 184 valence electrons. The molecule has 0 spiro atoms. The zero-order valence-corrected chi connectivity index (χ0v) is 22.3. The number of likely N-dealkylation sites (tertiary alicyclic amines) is 1. The molecule has 1 N–H and O–H groups in total. The smallest absolute Gasteiger partial charge is 0.0727 e. The molecular formula is C29H32Cl3N3. The van der Waals surface area contributed by atoms with E-state index >= 15 is 0 Å². The Labute approximate surface area is 225 Å². The van der Waals surface area contributed by atoms with Crippen LogP contribution in [0.15, 0.2) is 84.9 Å². The minimum atomic E-state index is 0. The second-order valence-electron chi connectivity index (χ2n) is 9.05.